The van der Waals surface area contributed by atoms with Gasteiger partial charge < -0.3 is 19.5 Å². The summed E-state index contributed by atoms with van der Waals surface area (Å²) in [5.74, 6) is -2.04. The van der Waals surface area contributed by atoms with Gasteiger partial charge in [-0.25, -0.2) is 14.5 Å². The number of esters is 2. The Morgan fingerprint density at radius 2 is 1.51 bits per heavy atom. The van der Waals surface area contributed by atoms with Gasteiger partial charge in [-0.15, -0.1) is 0 Å². The third-order valence-corrected chi connectivity index (χ3v) is 5.92. The molecule has 10 heteroatoms. The first-order valence-electron chi connectivity index (χ1n) is 12.2. The summed E-state index contributed by atoms with van der Waals surface area (Å²) >= 11 is 6.25. The Hall–Kier alpha value is -4.63. The number of hydrogen-bond acceptors (Lipinski definition) is 8. The molecule has 1 aliphatic heterocycles. The summed E-state index contributed by atoms with van der Waals surface area (Å²) in [7, 11) is 0. The predicted octanol–water partition coefficient (Wildman–Crippen LogP) is 5.31. The highest BCUT2D eigenvalue weighted by molar-refractivity contribution is 6.53. The average Bonchev–Trinajstić information content (AvgIpc) is 3.16. The van der Waals surface area contributed by atoms with Crippen LogP contribution in [-0.2, 0) is 14.3 Å². The molecule has 1 aliphatic rings. The molecule has 0 bridgehead atoms. The summed E-state index contributed by atoms with van der Waals surface area (Å²) in [6.07, 6.45) is 0.619. The number of imide groups is 1. The first kappa shape index (κ1) is 27.4. The van der Waals surface area contributed by atoms with Gasteiger partial charge in [-0.2, -0.15) is 0 Å². The second kappa shape index (κ2) is 12.3. The lowest BCUT2D eigenvalue weighted by molar-refractivity contribution is -0.120. The fraction of sp³-hybridized carbons (Fsp3) is 0.172. The van der Waals surface area contributed by atoms with Crippen LogP contribution in [0.3, 0.4) is 0 Å². The highest BCUT2D eigenvalue weighted by Crippen LogP contribution is 2.33. The van der Waals surface area contributed by atoms with Crippen LogP contribution in [0.15, 0.2) is 83.5 Å². The van der Waals surface area contributed by atoms with Crippen molar-refractivity contribution >= 4 is 46.7 Å². The van der Waals surface area contributed by atoms with Gasteiger partial charge >= 0.3 is 11.9 Å². The molecule has 0 atom stereocenters. The Balaban J connectivity index is 1.50. The molecule has 1 heterocycles. The Morgan fingerprint density at radius 1 is 0.846 bits per heavy atom. The summed E-state index contributed by atoms with van der Waals surface area (Å²) in [6, 6.07) is 19.0. The van der Waals surface area contributed by atoms with E-state index in [0.29, 0.717) is 24.5 Å². The van der Waals surface area contributed by atoms with Gasteiger partial charge in [-0.3, -0.25) is 9.59 Å². The van der Waals surface area contributed by atoms with Gasteiger partial charge in [-0.05, 0) is 61.9 Å². The molecule has 0 radical (unpaired) electrons. The van der Waals surface area contributed by atoms with Gasteiger partial charge in [0.2, 0.25) is 0 Å². The standard InChI is InChI=1S/C29H25ClN2O7/c1-3-17-38-29(36)20-9-5-6-10-21(20)32-26(33)24(30)25(27(32)34)31-19-15-13-18(14-16-19)28(35)39-23-12-8-7-11-22(23)37-4-2/h5-16,31H,3-4,17H2,1-2H3. The fourth-order valence-electron chi connectivity index (χ4n) is 3.75. The van der Waals surface area contributed by atoms with E-state index in [-0.39, 0.29) is 39.9 Å². The molecule has 2 amide bonds. The van der Waals surface area contributed by atoms with Crippen molar-refractivity contribution < 1.29 is 33.4 Å². The predicted molar refractivity (Wildman–Crippen MR) is 145 cm³/mol. The number of amides is 2. The van der Waals surface area contributed by atoms with E-state index >= 15 is 0 Å². The van der Waals surface area contributed by atoms with Crippen molar-refractivity contribution in [3.05, 3.63) is 94.7 Å². The Kier molecular flexibility index (Phi) is 8.63. The Bertz CT molecular complexity index is 1450. The maximum atomic E-state index is 13.2. The zero-order valence-corrected chi connectivity index (χ0v) is 22.0. The number of rotatable bonds is 10. The molecule has 1 N–H and O–H groups in total. The van der Waals surface area contributed by atoms with E-state index in [2.05, 4.69) is 5.32 Å². The second-order valence-electron chi connectivity index (χ2n) is 8.26. The molecule has 0 fully saturated rings. The van der Waals surface area contributed by atoms with Crippen molar-refractivity contribution in [1.29, 1.82) is 0 Å². The minimum atomic E-state index is -0.784. The van der Waals surface area contributed by atoms with Crippen LogP contribution in [0.25, 0.3) is 0 Å². The van der Waals surface area contributed by atoms with E-state index in [1.807, 2.05) is 13.8 Å². The number of halogens is 1. The zero-order valence-electron chi connectivity index (χ0n) is 21.2. The monoisotopic (exact) mass is 548 g/mol. The van der Waals surface area contributed by atoms with Gasteiger partial charge in [0, 0.05) is 5.69 Å². The van der Waals surface area contributed by atoms with Gasteiger partial charge in [0.05, 0.1) is 30.0 Å². The number of hydrogen-bond donors (Lipinski definition) is 1. The molecule has 39 heavy (non-hydrogen) atoms. The Labute approximate surface area is 229 Å². The Morgan fingerprint density at radius 3 is 2.21 bits per heavy atom. The molecule has 0 aromatic heterocycles. The van der Waals surface area contributed by atoms with Crippen LogP contribution in [-0.4, -0.2) is 37.0 Å². The minimum absolute atomic E-state index is 0.0622. The van der Waals surface area contributed by atoms with Crippen molar-refractivity contribution in [3.63, 3.8) is 0 Å². The number of para-hydroxylation sites is 3. The van der Waals surface area contributed by atoms with E-state index in [9.17, 15) is 19.2 Å². The molecule has 0 spiro atoms. The van der Waals surface area contributed by atoms with Crippen molar-refractivity contribution in [2.75, 3.05) is 23.4 Å². The molecule has 0 saturated heterocycles. The summed E-state index contributed by atoms with van der Waals surface area (Å²) in [5.41, 5.74) is 0.607. The van der Waals surface area contributed by atoms with Crippen LogP contribution in [0.2, 0.25) is 0 Å². The molecule has 0 saturated carbocycles. The summed E-state index contributed by atoms with van der Waals surface area (Å²) in [5, 5.41) is 2.50. The van der Waals surface area contributed by atoms with E-state index < -0.39 is 23.8 Å². The number of carbonyl (C=O) groups is 4. The molecule has 0 aliphatic carbocycles. The number of anilines is 2. The van der Waals surface area contributed by atoms with E-state index in [0.717, 1.165) is 4.90 Å². The lowest BCUT2D eigenvalue weighted by Crippen LogP contribution is -2.33. The highest BCUT2D eigenvalue weighted by atomic mass is 35.5. The smallest absolute Gasteiger partial charge is 0.343 e. The minimum Gasteiger partial charge on any atom is -0.490 e. The third kappa shape index (κ3) is 5.94. The summed E-state index contributed by atoms with van der Waals surface area (Å²) < 4.78 is 16.1. The van der Waals surface area contributed by atoms with E-state index in [1.54, 1.807) is 48.5 Å². The summed E-state index contributed by atoms with van der Waals surface area (Å²) in [4.78, 5) is 52.2. The number of nitrogens with zero attached hydrogens (tertiary/aromatic N) is 1. The van der Waals surface area contributed by atoms with Crippen LogP contribution in [0, 0.1) is 0 Å². The molecule has 0 unspecified atom stereocenters. The van der Waals surface area contributed by atoms with Crippen molar-refractivity contribution in [3.8, 4) is 11.5 Å². The molecular weight excluding hydrogens is 524 g/mol. The number of carbonyl (C=O) groups excluding carboxylic acids is 4. The van der Waals surface area contributed by atoms with E-state index in [4.69, 9.17) is 25.8 Å². The van der Waals surface area contributed by atoms with Gasteiger partial charge in [-0.1, -0.05) is 42.8 Å². The number of nitrogens with one attached hydrogen (secondary N) is 1. The van der Waals surface area contributed by atoms with E-state index in [1.165, 1.54) is 24.3 Å². The molecule has 4 rings (SSSR count). The topological polar surface area (TPSA) is 111 Å². The molecule has 3 aromatic carbocycles. The van der Waals surface area contributed by atoms with Gasteiger partial charge in [0.15, 0.2) is 11.5 Å². The van der Waals surface area contributed by atoms with Crippen LogP contribution >= 0.6 is 11.6 Å². The third-order valence-electron chi connectivity index (χ3n) is 5.57. The zero-order chi connectivity index (χ0) is 27.9. The first-order valence-corrected chi connectivity index (χ1v) is 12.6. The normalized spacial score (nSPS) is 12.9. The van der Waals surface area contributed by atoms with Gasteiger partial charge in [0.1, 0.15) is 10.7 Å². The number of ether oxygens (including phenoxy) is 3. The van der Waals surface area contributed by atoms with Crippen LogP contribution in [0.4, 0.5) is 11.4 Å². The first-order chi connectivity index (χ1) is 18.8. The lowest BCUT2D eigenvalue weighted by Gasteiger charge is -2.18. The van der Waals surface area contributed by atoms with Crippen LogP contribution < -0.4 is 19.7 Å². The van der Waals surface area contributed by atoms with Gasteiger partial charge in [0.25, 0.3) is 11.8 Å². The summed E-state index contributed by atoms with van der Waals surface area (Å²) in [6.45, 7) is 4.30. The quantitative estimate of drug-likeness (QED) is 0.206. The maximum Gasteiger partial charge on any atom is 0.343 e. The molecular formula is C29H25ClN2O7. The van der Waals surface area contributed by atoms with Crippen molar-refractivity contribution in [1.82, 2.24) is 0 Å². The lowest BCUT2D eigenvalue weighted by atomic mass is 10.1. The maximum absolute atomic E-state index is 13.2. The SMILES string of the molecule is CCCOC(=O)c1ccccc1N1C(=O)C(Cl)=C(Nc2ccc(C(=O)Oc3ccccc3OCC)cc2)C1=O. The number of benzene rings is 3. The highest BCUT2D eigenvalue weighted by Gasteiger charge is 2.40. The van der Waals surface area contributed by atoms with Crippen LogP contribution in [0.5, 0.6) is 11.5 Å². The fourth-order valence-corrected chi connectivity index (χ4v) is 3.96. The van der Waals surface area contributed by atoms with Crippen LogP contribution in [0.1, 0.15) is 41.0 Å². The average molecular weight is 549 g/mol. The molecule has 9 nitrogen and oxygen atoms in total. The second-order valence-corrected chi connectivity index (χ2v) is 8.64. The molecule has 200 valence electrons. The molecule has 3 aromatic rings. The largest absolute Gasteiger partial charge is 0.490 e. The van der Waals surface area contributed by atoms with Crippen molar-refractivity contribution in [2.45, 2.75) is 20.3 Å². The van der Waals surface area contributed by atoms with Crippen molar-refractivity contribution in [2.24, 2.45) is 0 Å².